The highest BCUT2D eigenvalue weighted by Gasteiger charge is 2.30. The molecule has 0 radical (unpaired) electrons. The van der Waals surface area contributed by atoms with E-state index >= 15 is 0 Å². The Morgan fingerprint density at radius 2 is 0.614 bits per heavy atom. The van der Waals surface area contributed by atoms with Gasteiger partial charge in [0.15, 0.2) is 12.2 Å². The standard InChI is InChI=1S/C64H124O17P2/c1-7-10-12-14-16-18-19-20-21-22-23-25-27-36-42-48-63(68)80-59(53-75-62(67)47-41-35-31-29-33-39-45-57(6)9-3)54-78-82(70,71)76-50-58(65)51-77-83(72,73)79-55-60(81-64(69)49-43-37-30-28-32-38-44-56(4)5)52-74-61(66)46-40-34-26-24-17-15-13-11-8-2/h56-60,65H,7-55H2,1-6H3,(H,70,71)(H,72,73)/t57?,58-,59-,60-/m1/s1. The van der Waals surface area contributed by atoms with Crippen molar-refractivity contribution in [1.82, 2.24) is 0 Å². The molecule has 3 unspecified atom stereocenters. The molecule has 17 nitrogen and oxygen atoms in total. The van der Waals surface area contributed by atoms with E-state index in [1.807, 2.05) is 0 Å². The monoisotopic (exact) mass is 1230 g/mol. The second-order valence-corrected chi connectivity index (χ2v) is 26.8. The van der Waals surface area contributed by atoms with Crippen molar-refractivity contribution in [1.29, 1.82) is 0 Å². The van der Waals surface area contributed by atoms with E-state index in [1.165, 1.54) is 128 Å². The fourth-order valence-electron chi connectivity index (χ4n) is 9.50. The molecule has 19 heteroatoms. The van der Waals surface area contributed by atoms with Crippen LogP contribution < -0.4 is 0 Å². The van der Waals surface area contributed by atoms with Gasteiger partial charge in [0.25, 0.3) is 0 Å². The Kier molecular flexibility index (Phi) is 55.2. The number of hydrogen-bond acceptors (Lipinski definition) is 15. The summed E-state index contributed by atoms with van der Waals surface area (Å²) in [5, 5.41) is 10.5. The molecule has 0 aromatic rings. The van der Waals surface area contributed by atoms with Crippen molar-refractivity contribution < 1.29 is 80.2 Å². The number of aliphatic hydroxyl groups excluding tert-OH is 1. The van der Waals surface area contributed by atoms with Gasteiger partial charge < -0.3 is 33.8 Å². The van der Waals surface area contributed by atoms with Crippen molar-refractivity contribution in [3.63, 3.8) is 0 Å². The minimum Gasteiger partial charge on any atom is -0.462 e. The minimum absolute atomic E-state index is 0.102. The number of carbonyl (C=O) groups is 4. The molecule has 0 aliphatic heterocycles. The van der Waals surface area contributed by atoms with Gasteiger partial charge in [-0.25, -0.2) is 9.13 Å². The maximum absolute atomic E-state index is 13.0. The average Bonchev–Trinajstić information content (AvgIpc) is 3.47. The van der Waals surface area contributed by atoms with E-state index in [0.29, 0.717) is 31.6 Å². The Labute approximate surface area is 505 Å². The molecule has 0 spiro atoms. The van der Waals surface area contributed by atoms with Crippen LogP contribution in [0.1, 0.15) is 318 Å². The first-order chi connectivity index (χ1) is 39.9. The molecular weight excluding hydrogens is 1100 g/mol. The second-order valence-electron chi connectivity index (χ2n) is 23.9. The fourth-order valence-corrected chi connectivity index (χ4v) is 11.1. The number of carbonyl (C=O) groups excluding carboxylic acids is 4. The molecule has 0 amide bonds. The topological polar surface area (TPSA) is 237 Å². The van der Waals surface area contributed by atoms with Gasteiger partial charge in [-0.2, -0.15) is 0 Å². The van der Waals surface area contributed by atoms with Crippen LogP contribution in [0, 0.1) is 11.8 Å². The summed E-state index contributed by atoms with van der Waals surface area (Å²) in [7, 11) is -9.88. The molecule has 0 aliphatic carbocycles. The zero-order valence-electron chi connectivity index (χ0n) is 53.5. The number of esters is 4. The molecule has 0 saturated heterocycles. The highest BCUT2D eigenvalue weighted by molar-refractivity contribution is 7.47. The molecule has 83 heavy (non-hydrogen) atoms. The molecule has 0 heterocycles. The van der Waals surface area contributed by atoms with Crippen molar-refractivity contribution in [3.05, 3.63) is 0 Å². The Morgan fingerprint density at radius 3 is 0.916 bits per heavy atom. The molecule has 0 fully saturated rings. The molecule has 6 atom stereocenters. The summed E-state index contributed by atoms with van der Waals surface area (Å²) in [6, 6.07) is 0. The van der Waals surface area contributed by atoms with Crippen LogP contribution in [0.2, 0.25) is 0 Å². The zero-order chi connectivity index (χ0) is 61.5. The lowest BCUT2D eigenvalue weighted by molar-refractivity contribution is -0.161. The third-order valence-electron chi connectivity index (χ3n) is 15.1. The van der Waals surface area contributed by atoms with E-state index in [9.17, 15) is 43.2 Å². The molecule has 0 saturated carbocycles. The summed E-state index contributed by atoms with van der Waals surface area (Å²) in [6.07, 6.45) is 39.1. The van der Waals surface area contributed by atoms with Gasteiger partial charge in [0, 0.05) is 25.7 Å². The maximum Gasteiger partial charge on any atom is 0.472 e. The van der Waals surface area contributed by atoms with Crippen LogP contribution in [0.3, 0.4) is 0 Å². The van der Waals surface area contributed by atoms with Crippen molar-refractivity contribution in [2.24, 2.45) is 11.8 Å². The van der Waals surface area contributed by atoms with E-state index in [4.69, 9.17) is 37.0 Å². The van der Waals surface area contributed by atoms with E-state index in [2.05, 4.69) is 41.5 Å². The van der Waals surface area contributed by atoms with Gasteiger partial charge in [0.05, 0.1) is 26.4 Å². The molecule has 0 aromatic heterocycles. The van der Waals surface area contributed by atoms with E-state index in [0.717, 1.165) is 102 Å². The lowest BCUT2D eigenvalue weighted by Crippen LogP contribution is -2.30. The smallest absolute Gasteiger partial charge is 0.462 e. The van der Waals surface area contributed by atoms with Gasteiger partial charge in [-0.05, 0) is 37.5 Å². The summed E-state index contributed by atoms with van der Waals surface area (Å²) in [4.78, 5) is 72.1. The quantitative estimate of drug-likeness (QED) is 0.0222. The van der Waals surface area contributed by atoms with Crippen molar-refractivity contribution in [2.45, 2.75) is 336 Å². The third kappa shape index (κ3) is 57.6. The molecule has 0 rings (SSSR count). The van der Waals surface area contributed by atoms with Crippen molar-refractivity contribution in [2.75, 3.05) is 39.6 Å². The molecule has 0 aliphatic rings. The third-order valence-corrected chi connectivity index (χ3v) is 17.0. The van der Waals surface area contributed by atoms with E-state index in [1.54, 1.807) is 0 Å². The Balaban J connectivity index is 5.22. The first kappa shape index (κ1) is 81.1. The van der Waals surface area contributed by atoms with Gasteiger partial charge in [-0.3, -0.25) is 37.3 Å². The van der Waals surface area contributed by atoms with Crippen molar-refractivity contribution in [3.8, 4) is 0 Å². The minimum atomic E-state index is -4.94. The normalized spacial score (nSPS) is 14.6. The van der Waals surface area contributed by atoms with Crippen LogP contribution >= 0.6 is 15.6 Å². The molecule has 0 aromatic carbocycles. The first-order valence-corrected chi connectivity index (χ1v) is 36.5. The Hall–Kier alpha value is -1.94. The molecule has 492 valence electrons. The van der Waals surface area contributed by atoms with Crippen LogP contribution in [0.4, 0.5) is 0 Å². The number of hydrogen-bond donors (Lipinski definition) is 3. The van der Waals surface area contributed by atoms with Crippen LogP contribution in [-0.2, 0) is 65.4 Å². The van der Waals surface area contributed by atoms with Crippen LogP contribution in [0.15, 0.2) is 0 Å². The number of aliphatic hydroxyl groups is 1. The highest BCUT2D eigenvalue weighted by atomic mass is 31.2. The van der Waals surface area contributed by atoms with Gasteiger partial charge in [-0.15, -0.1) is 0 Å². The van der Waals surface area contributed by atoms with Gasteiger partial charge in [0.1, 0.15) is 19.3 Å². The summed E-state index contributed by atoms with van der Waals surface area (Å²) in [5.41, 5.74) is 0. The summed E-state index contributed by atoms with van der Waals surface area (Å²) >= 11 is 0. The number of phosphoric ester groups is 2. The van der Waals surface area contributed by atoms with Crippen LogP contribution in [0.25, 0.3) is 0 Å². The summed E-state index contributed by atoms with van der Waals surface area (Å²) in [5.74, 6) is -0.738. The number of rotatable bonds is 63. The zero-order valence-corrected chi connectivity index (χ0v) is 55.3. The summed E-state index contributed by atoms with van der Waals surface area (Å²) in [6.45, 7) is 9.35. The Bertz CT molecular complexity index is 1630. The molecular formula is C64H124O17P2. The predicted molar refractivity (Wildman–Crippen MR) is 331 cm³/mol. The summed E-state index contributed by atoms with van der Waals surface area (Å²) < 4.78 is 67.9. The largest absolute Gasteiger partial charge is 0.472 e. The highest BCUT2D eigenvalue weighted by Crippen LogP contribution is 2.45. The first-order valence-electron chi connectivity index (χ1n) is 33.5. The number of unbranched alkanes of at least 4 members (excludes halogenated alkanes) is 32. The van der Waals surface area contributed by atoms with Crippen molar-refractivity contribution >= 4 is 39.5 Å². The average molecular weight is 1230 g/mol. The van der Waals surface area contributed by atoms with E-state index < -0.39 is 97.5 Å². The Morgan fingerprint density at radius 1 is 0.349 bits per heavy atom. The van der Waals surface area contributed by atoms with E-state index in [-0.39, 0.29) is 25.7 Å². The molecule has 3 N–H and O–H groups in total. The predicted octanol–water partition coefficient (Wildman–Crippen LogP) is 17.7. The van der Waals surface area contributed by atoms with Crippen LogP contribution in [-0.4, -0.2) is 96.7 Å². The second kappa shape index (κ2) is 56.6. The van der Waals surface area contributed by atoms with Crippen LogP contribution in [0.5, 0.6) is 0 Å². The lowest BCUT2D eigenvalue weighted by Gasteiger charge is -2.21. The number of ether oxygens (including phenoxy) is 4. The molecule has 0 bridgehead atoms. The fraction of sp³-hybridized carbons (Fsp3) is 0.938. The maximum atomic E-state index is 13.0. The number of phosphoric acid groups is 2. The van der Waals surface area contributed by atoms with Gasteiger partial charge in [-0.1, -0.05) is 266 Å². The van der Waals surface area contributed by atoms with Gasteiger partial charge >= 0.3 is 39.5 Å². The SMILES string of the molecule is CCCCCCCCCCCCCCCCCC(=O)O[C@H](COC(=O)CCCCCCCCC(C)CC)COP(=O)(O)OC[C@@H](O)COP(=O)(O)OC[C@@H](COC(=O)CCCCCCCCCCC)OC(=O)CCCCCCCCC(C)C. The van der Waals surface area contributed by atoms with Gasteiger partial charge in [0.2, 0.25) is 0 Å². The lowest BCUT2D eigenvalue weighted by atomic mass is 10.00.